The van der Waals surface area contributed by atoms with Crippen molar-refractivity contribution in [2.75, 3.05) is 0 Å². The number of carbonyl (C=O) groups is 1. The predicted octanol–water partition coefficient (Wildman–Crippen LogP) is 4.21. The van der Waals surface area contributed by atoms with Gasteiger partial charge in [-0.2, -0.15) is 0 Å². The van der Waals surface area contributed by atoms with Crippen molar-refractivity contribution in [1.82, 2.24) is 4.57 Å². The minimum atomic E-state index is 0.655. The fourth-order valence-corrected chi connectivity index (χ4v) is 2.64. The highest BCUT2D eigenvalue weighted by atomic mass is 79.9. The number of aldehydes is 1. The summed E-state index contributed by atoms with van der Waals surface area (Å²) in [7, 11) is 0. The smallest absolute Gasteiger partial charge is 0.166 e. The van der Waals surface area contributed by atoms with Crippen molar-refractivity contribution >= 4 is 33.0 Å². The van der Waals surface area contributed by atoms with Gasteiger partial charge in [-0.15, -0.1) is 0 Å². The van der Waals surface area contributed by atoms with E-state index in [4.69, 9.17) is 0 Å². The van der Waals surface area contributed by atoms with Crippen LogP contribution in [0.25, 0.3) is 16.5 Å². The van der Waals surface area contributed by atoms with E-state index in [1.54, 1.807) is 0 Å². The van der Waals surface area contributed by atoms with Gasteiger partial charge >= 0.3 is 0 Å². The molecule has 0 aliphatic carbocycles. The fourth-order valence-electron chi connectivity index (χ4n) is 2.17. The maximum Gasteiger partial charge on any atom is 0.166 e. The van der Waals surface area contributed by atoms with Crippen LogP contribution in [0.1, 0.15) is 10.5 Å². The van der Waals surface area contributed by atoms with E-state index in [0.717, 1.165) is 27.2 Å². The van der Waals surface area contributed by atoms with Gasteiger partial charge in [0, 0.05) is 16.1 Å². The van der Waals surface area contributed by atoms with E-state index in [-0.39, 0.29) is 0 Å². The SMILES string of the molecule is O=Cc1cccn1-c1ccc(Br)c2ccccc12. The van der Waals surface area contributed by atoms with Gasteiger partial charge < -0.3 is 4.57 Å². The Kier molecular flexibility index (Phi) is 2.76. The molecule has 0 N–H and O–H groups in total. The lowest BCUT2D eigenvalue weighted by atomic mass is 10.1. The number of fused-ring (bicyclic) bond motifs is 1. The van der Waals surface area contributed by atoms with Gasteiger partial charge in [0.05, 0.1) is 11.4 Å². The first-order chi connectivity index (χ1) is 8.81. The highest BCUT2D eigenvalue weighted by molar-refractivity contribution is 9.10. The van der Waals surface area contributed by atoms with Crippen LogP contribution in [0.3, 0.4) is 0 Å². The van der Waals surface area contributed by atoms with Crippen LogP contribution < -0.4 is 0 Å². The first-order valence-corrected chi connectivity index (χ1v) is 6.41. The summed E-state index contributed by atoms with van der Waals surface area (Å²) in [6.07, 6.45) is 2.77. The lowest BCUT2D eigenvalue weighted by Crippen LogP contribution is -1.98. The van der Waals surface area contributed by atoms with Crippen LogP contribution in [0, 0.1) is 0 Å². The molecule has 18 heavy (non-hydrogen) atoms. The number of carbonyl (C=O) groups excluding carboxylic acids is 1. The van der Waals surface area contributed by atoms with Crippen molar-refractivity contribution < 1.29 is 4.79 Å². The van der Waals surface area contributed by atoms with Crippen molar-refractivity contribution in [1.29, 1.82) is 0 Å². The summed E-state index contributed by atoms with van der Waals surface area (Å²) >= 11 is 3.55. The predicted molar refractivity (Wildman–Crippen MR) is 76.4 cm³/mol. The molecular formula is C15H10BrNO. The number of benzene rings is 2. The second-order valence-corrected chi connectivity index (χ2v) is 4.89. The molecule has 0 unspecified atom stereocenters. The number of rotatable bonds is 2. The van der Waals surface area contributed by atoms with Gasteiger partial charge in [-0.3, -0.25) is 4.79 Å². The summed E-state index contributed by atoms with van der Waals surface area (Å²) < 4.78 is 2.96. The summed E-state index contributed by atoms with van der Waals surface area (Å²) in [6, 6.07) is 15.8. The van der Waals surface area contributed by atoms with Crippen molar-refractivity contribution in [3.05, 3.63) is 64.9 Å². The molecule has 0 saturated heterocycles. The number of halogens is 1. The van der Waals surface area contributed by atoms with Crippen LogP contribution in [-0.2, 0) is 0 Å². The van der Waals surface area contributed by atoms with Crippen LogP contribution in [0.4, 0.5) is 0 Å². The Morgan fingerprint density at radius 3 is 2.50 bits per heavy atom. The van der Waals surface area contributed by atoms with E-state index in [2.05, 4.69) is 28.1 Å². The summed E-state index contributed by atoms with van der Waals surface area (Å²) in [6.45, 7) is 0. The Hall–Kier alpha value is -1.87. The molecule has 1 heterocycles. The third kappa shape index (κ3) is 1.68. The molecule has 3 heteroatoms. The zero-order chi connectivity index (χ0) is 12.5. The van der Waals surface area contributed by atoms with E-state index < -0.39 is 0 Å². The van der Waals surface area contributed by atoms with Gasteiger partial charge in [-0.05, 0) is 29.7 Å². The molecule has 0 bridgehead atoms. The second-order valence-electron chi connectivity index (χ2n) is 4.03. The van der Waals surface area contributed by atoms with Crippen LogP contribution in [0.5, 0.6) is 0 Å². The third-order valence-corrected chi connectivity index (χ3v) is 3.70. The molecule has 0 atom stereocenters. The largest absolute Gasteiger partial charge is 0.314 e. The van der Waals surface area contributed by atoms with Gasteiger partial charge in [-0.1, -0.05) is 40.2 Å². The van der Waals surface area contributed by atoms with Gasteiger partial charge in [-0.25, -0.2) is 0 Å². The summed E-state index contributed by atoms with van der Waals surface area (Å²) in [4.78, 5) is 11.0. The molecule has 0 radical (unpaired) electrons. The summed E-state index contributed by atoms with van der Waals surface area (Å²) in [5.41, 5.74) is 1.67. The van der Waals surface area contributed by atoms with Crippen LogP contribution >= 0.6 is 15.9 Å². The van der Waals surface area contributed by atoms with Gasteiger partial charge in [0.2, 0.25) is 0 Å². The number of hydrogen-bond acceptors (Lipinski definition) is 1. The van der Waals surface area contributed by atoms with Crippen molar-refractivity contribution in [3.63, 3.8) is 0 Å². The second kappa shape index (κ2) is 4.42. The Morgan fingerprint density at radius 2 is 1.72 bits per heavy atom. The van der Waals surface area contributed by atoms with Gasteiger partial charge in [0.25, 0.3) is 0 Å². The highest BCUT2D eigenvalue weighted by Gasteiger charge is 2.07. The molecule has 0 spiro atoms. The van der Waals surface area contributed by atoms with Crippen LogP contribution in [0.15, 0.2) is 59.2 Å². The molecule has 1 aromatic heterocycles. The standard InChI is InChI=1S/C15H10BrNO/c16-14-7-8-15(13-6-2-1-5-12(13)14)17-9-3-4-11(17)10-18/h1-10H. The quantitative estimate of drug-likeness (QED) is 0.650. The summed E-state index contributed by atoms with van der Waals surface area (Å²) in [5, 5.41) is 2.26. The van der Waals surface area contributed by atoms with E-state index in [1.165, 1.54) is 0 Å². The van der Waals surface area contributed by atoms with E-state index in [9.17, 15) is 4.79 Å². The monoisotopic (exact) mass is 299 g/mol. The fraction of sp³-hybridized carbons (Fsp3) is 0. The molecule has 0 amide bonds. The topological polar surface area (TPSA) is 22.0 Å². The van der Waals surface area contributed by atoms with Crippen molar-refractivity contribution in [2.45, 2.75) is 0 Å². The average molecular weight is 300 g/mol. The lowest BCUT2D eigenvalue weighted by Gasteiger charge is -2.10. The Bertz CT molecular complexity index is 730. The lowest BCUT2D eigenvalue weighted by molar-refractivity contribution is 0.111. The number of hydrogen-bond donors (Lipinski definition) is 0. The maximum atomic E-state index is 11.0. The van der Waals surface area contributed by atoms with E-state index in [0.29, 0.717) is 5.69 Å². The molecule has 3 aromatic rings. The van der Waals surface area contributed by atoms with E-state index >= 15 is 0 Å². The highest BCUT2D eigenvalue weighted by Crippen LogP contribution is 2.29. The molecule has 88 valence electrons. The minimum Gasteiger partial charge on any atom is -0.314 e. The van der Waals surface area contributed by atoms with Crippen molar-refractivity contribution in [3.8, 4) is 5.69 Å². The molecule has 3 rings (SSSR count). The Labute approximate surface area is 113 Å². The molecule has 2 aromatic carbocycles. The van der Waals surface area contributed by atoms with Gasteiger partial charge in [0.15, 0.2) is 6.29 Å². The number of nitrogens with zero attached hydrogens (tertiary/aromatic N) is 1. The average Bonchev–Trinajstić information content (AvgIpc) is 2.88. The normalized spacial score (nSPS) is 10.7. The molecule has 0 fully saturated rings. The van der Waals surface area contributed by atoms with E-state index in [1.807, 2.05) is 47.2 Å². The zero-order valence-electron chi connectivity index (χ0n) is 9.51. The third-order valence-electron chi connectivity index (χ3n) is 3.01. The molecule has 0 saturated carbocycles. The van der Waals surface area contributed by atoms with Crippen molar-refractivity contribution in [2.24, 2.45) is 0 Å². The zero-order valence-corrected chi connectivity index (χ0v) is 11.1. The van der Waals surface area contributed by atoms with Crippen LogP contribution in [-0.4, -0.2) is 10.9 Å². The minimum absolute atomic E-state index is 0.655. The molecular weight excluding hydrogens is 290 g/mol. The van der Waals surface area contributed by atoms with Crippen LogP contribution in [0.2, 0.25) is 0 Å². The molecule has 2 nitrogen and oxygen atoms in total. The molecule has 0 aliphatic heterocycles. The first-order valence-electron chi connectivity index (χ1n) is 5.61. The van der Waals surface area contributed by atoms with Gasteiger partial charge in [0.1, 0.15) is 0 Å². The molecule has 0 aliphatic rings. The maximum absolute atomic E-state index is 11.0. The Morgan fingerprint density at radius 1 is 0.944 bits per heavy atom. The Balaban J connectivity index is 2.37. The first kappa shape index (κ1) is 11.2. The summed E-state index contributed by atoms with van der Waals surface area (Å²) in [5.74, 6) is 0. The number of aromatic nitrogens is 1.